The van der Waals surface area contributed by atoms with E-state index in [0.29, 0.717) is 19.6 Å². The van der Waals surface area contributed by atoms with E-state index in [-0.39, 0.29) is 30.4 Å². The Bertz CT molecular complexity index is 750. The highest BCUT2D eigenvalue weighted by Gasteiger charge is 2.47. The van der Waals surface area contributed by atoms with Crippen LogP contribution in [0, 0.1) is 0 Å². The molecule has 2 atom stereocenters. The lowest BCUT2D eigenvalue weighted by molar-refractivity contribution is -0.139. The van der Waals surface area contributed by atoms with Gasteiger partial charge in [0.15, 0.2) is 0 Å². The molecule has 132 valence electrons. The minimum Gasteiger partial charge on any atom is -0.342 e. The Balaban J connectivity index is 1.48. The molecule has 0 saturated carbocycles. The number of rotatable bonds is 2. The van der Waals surface area contributed by atoms with Crippen molar-refractivity contribution in [3.8, 4) is 0 Å². The molecule has 3 heterocycles. The number of fused-ring (bicyclic) bond motifs is 2. The molecule has 1 aromatic carbocycles. The topological polar surface area (TPSA) is 64.2 Å². The fourth-order valence-electron chi connectivity index (χ4n) is 4.19. The molecule has 7 nitrogen and oxygen atoms in total. The standard InChI is InChI=1S/C18H22N4O3/c1-12-17(24)19(2)9-14-10-20(18(25)22(12)14)11-16(23)21-8-7-13-5-3-4-6-15(13)21/h3-6,12,14H,7-11H2,1-2H3/t12-,14-/m0/s1. The summed E-state index contributed by atoms with van der Waals surface area (Å²) in [4.78, 5) is 44.2. The van der Waals surface area contributed by atoms with Gasteiger partial charge in [-0.05, 0) is 25.0 Å². The zero-order chi connectivity index (χ0) is 17.7. The summed E-state index contributed by atoms with van der Waals surface area (Å²) in [6.07, 6.45) is 0.848. The molecule has 0 N–H and O–H groups in total. The van der Waals surface area contributed by atoms with Gasteiger partial charge >= 0.3 is 6.03 Å². The highest BCUT2D eigenvalue weighted by atomic mass is 16.2. The quantitative estimate of drug-likeness (QED) is 0.788. The van der Waals surface area contributed by atoms with Gasteiger partial charge < -0.3 is 19.6 Å². The van der Waals surface area contributed by atoms with Crippen molar-refractivity contribution in [2.45, 2.75) is 25.4 Å². The predicted molar refractivity (Wildman–Crippen MR) is 92.2 cm³/mol. The van der Waals surface area contributed by atoms with Crippen LogP contribution in [-0.4, -0.2) is 77.9 Å². The van der Waals surface area contributed by atoms with Gasteiger partial charge in [0.05, 0.1) is 6.04 Å². The molecule has 0 bridgehead atoms. The summed E-state index contributed by atoms with van der Waals surface area (Å²) in [5.41, 5.74) is 2.11. The minimum absolute atomic E-state index is 0.0381. The number of piperazine rings is 1. The molecule has 25 heavy (non-hydrogen) atoms. The van der Waals surface area contributed by atoms with Crippen LogP contribution < -0.4 is 4.90 Å². The molecule has 3 aliphatic rings. The fourth-order valence-corrected chi connectivity index (χ4v) is 4.19. The summed E-state index contributed by atoms with van der Waals surface area (Å²) in [6.45, 7) is 3.48. The number of benzene rings is 1. The maximum absolute atomic E-state index is 12.8. The molecule has 0 aliphatic carbocycles. The molecule has 7 heteroatoms. The zero-order valence-electron chi connectivity index (χ0n) is 14.5. The number of urea groups is 1. The third-order valence-electron chi connectivity index (χ3n) is 5.47. The average Bonchev–Trinajstić information content (AvgIpc) is 3.15. The summed E-state index contributed by atoms with van der Waals surface area (Å²) < 4.78 is 0. The first kappa shape index (κ1) is 15.9. The SMILES string of the molecule is C[C@H]1C(=O)N(C)C[C@H]2CN(CC(=O)N3CCc4ccccc43)C(=O)N21. The van der Waals surface area contributed by atoms with Gasteiger partial charge in [0, 0.05) is 32.4 Å². The number of para-hydroxylation sites is 1. The van der Waals surface area contributed by atoms with E-state index in [1.165, 1.54) is 5.56 Å². The number of nitrogens with zero attached hydrogens (tertiary/aromatic N) is 4. The summed E-state index contributed by atoms with van der Waals surface area (Å²) in [7, 11) is 1.76. The maximum atomic E-state index is 12.8. The van der Waals surface area contributed by atoms with Crippen molar-refractivity contribution in [3.05, 3.63) is 29.8 Å². The van der Waals surface area contributed by atoms with Gasteiger partial charge in [-0.3, -0.25) is 9.59 Å². The molecule has 1 aromatic rings. The molecule has 4 amide bonds. The second-order valence-electron chi connectivity index (χ2n) is 7.04. The molecule has 0 radical (unpaired) electrons. The molecule has 0 spiro atoms. The Kier molecular flexibility index (Phi) is 3.67. The molecule has 0 unspecified atom stereocenters. The molecule has 0 aromatic heterocycles. The number of likely N-dealkylation sites (N-methyl/N-ethyl adjacent to an activating group) is 1. The Morgan fingerprint density at radius 2 is 1.96 bits per heavy atom. The van der Waals surface area contributed by atoms with Crippen LogP contribution in [0.3, 0.4) is 0 Å². The predicted octanol–water partition coefficient (Wildman–Crippen LogP) is 0.542. The van der Waals surface area contributed by atoms with Crippen LogP contribution in [0.15, 0.2) is 24.3 Å². The summed E-state index contributed by atoms with van der Waals surface area (Å²) in [6, 6.07) is 7.17. The van der Waals surface area contributed by atoms with E-state index in [0.717, 1.165) is 12.1 Å². The van der Waals surface area contributed by atoms with Crippen LogP contribution in [0.5, 0.6) is 0 Å². The van der Waals surface area contributed by atoms with Gasteiger partial charge in [-0.1, -0.05) is 18.2 Å². The second kappa shape index (κ2) is 5.75. The van der Waals surface area contributed by atoms with E-state index >= 15 is 0 Å². The Hall–Kier alpha value is -2.57. The summed E-state index contributed by atoms with van der Waals surface area (Å²) in [5, 5.41) is 0. The number of carbonyl (C=O) groups excluding carboxylic acids is 3. The van der Waals surface area contributed by atoms with Crippen LogP contribution >= 0.6 is 0 Å². The number of hydrogen-bond donors (Lipinski definition) is 0. The van der Waals surface area contributed by atoms with E-state index in [4.69, 9.17) is 0 Å². The fraction of sp³-hybridized carbons (Fsp3) is 0.500. The van der Waals surface area contributed by atoms with E-state index in [1.807, 2.05) is 24.3 Å². The summed E-state index contributed by atoms with van der Waals surface area (Å²) >= 11 is 0. The largest absolute Gasteiger partial charge is 0.342 e. The average molecular weight is 342 g/mol. The van der Waals surface area contributed by atoms with Gasteiger partial charge in [0.1, 0.15) is 12.6 Å². The Morgan fingerprint density at radius 1 is 1.20 bits per heavy atom. The van der Waals surface area contributed by atoms with Crippen molar-refractivity contribution in [2.24, 2.45) is 0 Å². The van der Waals surface area contributed by atoms with E-state index < -0.39 is 6.04 Å². The van der Waals surface area contributed by atoms with Crippen molar-refractivity contribution in [1.29, 1.82) is 0 Å². The monoisotopic (exact) mass is 342 g/mol. The maximum Gasteiger partial charge on any atom is 0.321 e. The third-order valence-corrected chi connectivity index (χ3v) is 5.47. The van der Waals surface area contributed by atoms with Gasteiger partial charge in [-0.15, -0.1) is 0 Å². The smallest absolute Gasteiger partial charge is 0.321 e. The molecular weight excluding hydrogens is 320 g/mol. The third kappa shape index (κ3) is 2.45. The highest BCUT2D eigenvalue weighted by molar-refractivity contribution is 5.99. The number of amides is 4. The lowest BCUT2D eigenvalue weighted by atomic mass is 10.1. The number of anilines is 1. The lowest BCUT2D eigenvalue weighted by Gasteiger charge is -2.38. The van der Waals surface area contributed by atoms with E-state index in [9.17, 15) is 14.4 Å². The van der Waals surface area contributed by atoms with Gasteiger partial charge in [0.2, 0.25) is 11.8 Å². The van der Waals surface area contributed by atoms with E-state index in [1.54, 1.807) is 33.6 Å². The first-order valence-electron chi connectivity index (χ1n) is 8.68. The first-order chi connectivity index (χ1) is 12.0. The minimum atomic E-state index is -0.469. The van der Waals surface area contributed by atoms with E-state index in [2.05, 4.69) is 0 Å². The van der Waals surface area contributed by atoms with Crippen LogP contribution in [0.1, 0.15) is 12.5 Å². The molecular formula is C18H22N4O3. The van der Waals surface area contributed by atoms with Crippen molar-refractivity contribution in [1.82, 2.24) is 14.7 Å². The second-order valence-corrected chi connectivity index (χ2v) is 7.04. The number of hydrogen-bond acceptors (Lipinski definition) is 3. The molecule has 4 rings (SSSR count). The van der Waals surface area contributed by atoms with Crippen molar-refractivity contribution >= 4 is 23.5 Å². The lowest BCUT2D eigenvalue weighted by Crippen LogP contribution is -2.58. The zero-order valence-corrected chi connectivity index (χ0v) is 14.5. The summed E-state index contributed by atoms with van der Waals surface area (Å²) in [5.74, 6) is -0.114. The van der Waals surface area contributed by atoms with Crippen LogP contribution in [0.25, 0.3) is 0 Å². The van der Waals surface area contributed by atoms with Crippen LogP contribution in [0.4, 0.5) is 10.5 Å². The molecule has 2 fully saturated rings. The Labute approximate surface area is 146 Å². The van der Waals surface area contributed by atoms with Crippen molar-refractivity contribution in [3.63, 3.8) is 0 Å². The Morgan fingerprint density at radius 3 is 2.76 bits per heavy atom. The van der Waals surface area contributed by atoms with Gasteiger partial charge in [0.25, 0.3) is 0 Å². The van der Waals surface area contributed by atoms with Crippen LogP contribution in [0.2, 0.25) is 0 Å². The highest BCUT2D eigenvalue weighted by Crippen LogP contribution is 2.29. The first-order valence-corrected chi connectivity index (χ1v) is 8.68. The normalized spacial score (nSPS) is 25.5. The van der Waals surface area contributed by atoms with Crippen molar-refractivity contribution < 1.29 is 14.4 Å². The van der Waals surface area contributed by atoms with Crippen molar-refractivity contribution in [2.75, 3.05) is 38.1 Å². The van der Waals surface area contributed by atoms with Gasteiger partial charge in [-0.25, -0.2) is 4.79 Å². The number of carbonyl (C=O) groups is 3. The molecule has 3 aliphatic heterocycles. The van der Waals surface area contributed by atoms with Gasteiger partial charge in [-0.2, -0.15) is 0 Å². The molecule has 2 saturated heterocycles. The van der Waals surface area contributed by atoms with Crippen LogP contribution in [-0.2, 0) is 16.0 Å².